The lowest BCUT2D eigenvalue weighted by Gasteiger charge is -2.25. The van der Waals surface area contributed by atoms with Gasteiger partial charge in [0.1, 0.15) is 11.7 Å². The van der Waals surface area contributed by atoms with Crippen LogP contribution in [0, 0.1) is 0 Å². The van der Waals surface area contributed by atoms with Crippen LogP contribution in [0.2, 0.25) is 0 Å². The van der Waals surface area contributed by atoms with Crippen LogP contribution in [0.25, 0.3) is 5.95 Å². The molecule has 8 nitrogen and oxygen atoms in total. The van der Waals surface area contributed by atoms with Crippen molar-refractivity contribution in [1.82, 2.24) is 25.1 Å². The Bertz CT molecular complexity index is 1170. The summed E-state index contributed by atoms with van der Waals surface area (Å²) in [6, 6.07) is 19.1. The molecule has 2 aromatic carbocycles. The molecule has 2 aromatic heterocycles. The molecule has 0 saturated carbocycles. The van der Waals surface area contributed by atoms with E-state index in [0.29, 0.717) is 11.1 Å². The fourth-order valence-electron chi connectivity index (χ4n) is 3.12. The molecule has 0 unspecified atom stereocenters. The van der Waals surface area contributed by atoms with Gasteiger partial charge in [-0.2, -0.15) is 5.10 Å². The molecule has 0 radical (unpaired) electrons. The fourth-order valence-corrected chi connectivity index (χ4v) is 3.12. The Balaban J connectivity index is 1.63. The summed E-state index contributed by atoms with van der Waals surface area (Å²) in [6.07, 6.45) is 3.37. The average molecular weight is 401 g/mol. The van der Waals surface area contributed by atoms with E-state index >= 15 is 0 Å². The highest BCUT2D eigenvalue weighted by molar-refractivity contribution is 5.93. The lowest BCUT2D eigenvalue weighted by atomic mass is 9.95. The predicted octanol–water partition coefficient (Wildman–Crippen LogP) is 2.16. The Morgan fingerprint density at radius 3 is 2.27 bits per heavy atom. The molecule has 3 N–H and O–H groups in total. The summed E-state index contributed by atoms with van der Waals surface area (Å²) in [6.45, 7) is 0. The number of benzene rings is 2. The second-order valence-electron chi connectivity index (χ2n) is 6.62. The molecular formula is C22H19N5O3. The van der Waals surface area contributed by atoms with Gasteiger partial charge in [-0.1, -0.05) is 60.7 Å². The molecular weight excluding hydrogens is 382 g/mol. The average Bonchev–Trinajstić information content (AvgIpc) is 3.33. The van der Waals surface area contributed by atoms with E-state index < -0.39 is 23.6 Å². The lowest BCUT2D eigenvalue weighted by Crippen LogP contribution is -2.36. The van der Waals surface area contributed by atoms with Crippen molar-refractivity contribution in [2.24, 2.45) is 0 Å². The lowest BCUT2D eigenvalue weighted by molar-refractivity contribution is 0.0829. The third-order valence-electron chi connectivity index (χ3n) is 4.65. The first-order valence-electron chi connectivity index (χ1n) is 9.31. The van der Waals surface area contributed by atoms with Crippen molar-refractivity contribution in [3.8, 4) is 5.95 Å². The first kappa shape index (κ1) is 19.3. The largest absolute Gasteiger partial charge is 0.386 e. The fraction of sp³-hybridized carbons (Fsp3) is 0.0909. The number of rotatable bonds is 6. The highest BCUT2D eigenvalue weighted by Crippen LogP contribution is 2.28. The number of amides is 1. The van der Waals surface area contributed by atoms with E-state index in [9.17, 15) is 14.7 Å². The first-order chi connectivity index (χ1) is 14.6. The van der Waals surface area contributed by atoms with Crippen LogP contribution in [0.15, 0.2) is 90.1 Å². The molecule has 0 aliphatic heterocycles. The number of H-pyrrole nitrogens is 1. The zero-order valence-electron chi connectivity index (χ0n) is 15.8. The first-order valence-corrected chi connectivity index (χ1v) is 9.31. The van der Waals surface area contributed by atoms with Crippen molar-refractivity contribution in [2.75, 3.05) is 0 Å². The SMILES string of the molecule is O=C(N[C@H](c1ccccc1)[C@H](O)c1ccccc1)c1cnc(-n2cccn2)[nH]c1=O. The van der Waals surface area contributed by atoms with Gasteiger partial charge in [0.15, 0.2) is 0 Å². The van der Waals surface area contributed by atoms with Crippen LogP contribution >= 0.6 is 0 Å². The number of aromatic amines is 1. The number of nitrogens with zero attached hydrogens (tertiary/aromatic N) is 3. The van der Waals surface area contributed by atoms with Gasteiger partial charge in [0.05, 0.1) is 6.04 Å². The van der Waals surface area contributed by atoms with E-state index in [1.54, 1.807) is 42.7 Å². The Kier molecular flexibility index (Phi) is 5.49. The van der Waals surface area contributed by atoms with E-state index in [0.717, 1.165) is 0 Å². The second kappa shape index (κ2) is 8.54. The van der Waals surface area contributed by atoms with Crippen LogP contribution in [0.3, 0.4) is 0 Å². The summed E-state index contributed by atoms with van der Waals surface area (Å²) in [5.41, 5.74) is 0.591. The van der Waals surface area contributed by atoms with Gasteiger partial charge >= 0.3 is 0 Å². The smallest absolute Gasteiger partial charge is 0.265 e. The summed E-state index contributed by atoms with van der Waals surface area (Å²) in [7, 11) is 0. The highest BCUT2D eigenvalue weighted by atomic mass is 16.3. The zero-order chi connectivity index (χ0) is 20.9. The Hall–Kier alpha value is -4.04. The van der Waals surface area contributed by atoms with E-state index in [4.69, 9.17) is 0 Å². The number of carbonyl (C=O) groups is 1. The van der Waals surface area contributed by atoms with Gasteiger partial charge in [0.25, 0.3) is 11.5 Å². The molecule has 0 bridgehead atoms. The number of nitrogens with one attached hydrogen (secondary N) is 2. The second-order valence-corrected chi connectivity index (χ2v) is 6.62. The van der Waals surface area contributed by atoms with E-state index in [-0.39, 0.29) is 11.5 Å². The van der Waals surface area contributed by atoms with Crippen molar-refractivity contribution in [1.29, 1.82) is 0 Å². The van der Waals surface area contributed by atoms with Crippen LogP contribution in [-0.4, -0.2) is 30.8 Å². The van der Waals surface area contributed by atoms with E-state index in [1.165, 1.54) is 10.9 Å². The van der Waals surface area contributed by atoms with Gasteiger partial charge in [-0.05, 0) is 17.2 Å². The summed E-state index contributed by atoms with van der Waals surface area (Å²) in [5, 5.41) is 17.7. The highest BCUT2D eigenvalue weighted by Gasteiger charge is 2.26. The summed E-state index contributed by atoms with van der Waals surface area (Å²) in [4.78, 5) is 32.0. The molecule has 4 aromatic rings. The number of aliphatic hydroxyl groups is 1. The Morgan fingerprint density at radius 1 is 1.00 bits per heavy atom. The minimum Gasteiger partial charge on any atom is -0.386 e. The third kappa shape index (κ3) is 4.03. The maximum absolute atomic E-state index is 12.9. The molecule has 150 valence electrons. The van der Waals surface area contributed by atoms with Crippen LogP contribution in [0.4, 0.5) is 0 Å². The van der Waals surface area contributed by atoms with Crippen LogP contribution in [-0.2, 0) is 0 Å². The van der Waals surface area contributed by atoms with Crippen molar-refractivity contribution in [3.05, 3.63) is 112 Å². The van der Waals surface area contributed by atoms with Crippen LogP contribution in [0.1, 0.15) is 33.6 Å². The van der Waals surface area contributed by atoms with Crippen LogP contribution in [0.5, 0.6) is 0 Å². The predicted molar refractivity (Wildman–Crippen MR) is 110 cm³/mol. The number of hydrogen-bond donors (Lipinski definition) is 3. The topological polar surface area (TPSA) is 113 Å². The minimum atomic E-state index is -1.01. The van der Waals surface area contributed by atoms with Gasteiger partial charge in [0.2, 0.25) is 5.95 Å². The van der Waals surface area contributed by atoms with Crippen molar-refractivity contribution in [3.63, 3.8) is 0 Å². The van der Waals surface area contributed by atoms with Gasteiger partial charge in [-0.25, -0.2) is 9.67 Å². The maximum Gasteiger partial charge on any atom is 0.265 e. The molecule has 2 heterocycles. The third-order valence-corrected chi connectivity index (χ3v) is 4.65. The summed E-state index contributed by atoms with van der Waals surface area (Å²) < 4.78 is 1.38. The molecule has 2 atom stereocenters. The molecule has 30 heavy (non-hydrogen) atoms. The van der Waals surface area contributed by atoms with Gasteiger partial charge < -0.3 is 10.4 Å². The van der Waals surface area contributed by atoms with E-state index in [2.05, 4.69) is 20.4 Å². The molecule has 0 fully saturated rings. The summed E-state index contributed by atoms with van der Waals surface area (Å²) in [5.74, 6) is -0.440. The summed E-state index contributed by atoms with van der Waals surface area (Å²) >= 11 is 0. The van der Waals surface area contributed by atoms with Crippen molar-refractivity contribution in [2.45, 2.75) is 12.1 Å². The van der Waals surface area contributed by atoms with Gasteiger partial charge in [-0.15, -0.1) is 0 Å². The Labute approximate surface area is 171 Å². The number of aliphatic hydroxyl groups excluding tert-OH is 1. The number of hydrogen-bond acceptors (Lipinski definition) is 5. The molecule has 1 amide bonds. The van der Waals surface area contributed by atoms with Gasteiger partial charge in [-0.3, -0.25) is 14.6 Å². The molecule has 4 rings (SSSR count). The normalized spacial score (nSPS) is 12.8. The molecule has 0 aliphatic rings. The molecule has 0 saturated heterocycles. The van der Waals surface area contributed by atoms with Crippen LogP contribution < -0.4 is 10.9 Å². The number of carbonyl (C=O) groups excluding carboxylic acids is 1. The quantitative estimate of drug-likeness (QED) is 0.458. The molecule has 0 spiro atoms. The monoisotopic (exact) mass is 401 g/mol. The molecule has 8 heteroatoms. The van der Waals surface area contributed by atoms with Gasteiger partial charge in [0, 0.05) is 18.6 Å². The zero-order valence-corrected chi connectivity index (χ0v) is 15.8. The van der Waals surface area contributed by atoms with Crippen molar-refractivity contribution >= 4 is 5.91 Å². The standard InChI is InChI=1S/C22H19N5O3/c28-19(16-10-5-2-6-11-16)18(15-8-3-1-4-9-15)25-20(29)17-14-23-22(26-21(17)30)27-13-7-12-24-27/h1-14,18-19,28H,(H,25,29)(H,23,26,30)/t18-,19-/m1/s1. The minimum absolute atomic E-state index is 0.160. The Morgan fingerprint density at radius 2 is 1.67 bits per heavy atom. The van der Waals surface area contributed by atoms with Crippen molar-refractivity contribution < 1.29 is 9.90 Å². The molecule has 0 aliphatic carbocycles. The number of aromatic nitrogens is 4. The van der Waals surface area contributed by atoms with E-state index in [1.807, 2.05) is 36.4 Å². The maximum atomic E-state index is 12.9.